The Morgan fingerprint density at radius 3 is 2.42 bits per heavy atom. The van der Waals surface area contributed by atoms with E-state index in [1.807, 2.05) is 46.0 Å². The zero-order valence-electron chi connectivity index (χ0n) is 47.8. The van der Waals surface area contributed by atoms with Crippen molar-refractivity contribution in [2.75, 3.05) is 57.8 Å². The number of hydrogen-bond acceptors (Lipinski definition) is 21. The van der Waals surface area contributed by atoms with Gasteiger partial charge < -0.3 is 48.0 Å². The number of benzene rings is 1. The van der Waals surface area contributed by atoms with Crippen LogP contribution in [0.15, 0.2) is 60.3 Å². The molecule has 33 heteroatoms. The highest BCUT2D eigenvalue weighted by Gasteiger charge is 2.57. The molecule has 456 valence electrons. The van der Waals surface area contributed by atoms with Gasteiger partial charge in [-0.1, -0.05) is 58.6 Å². The second-order valence-electron chi connectivity index (χ2n) is 23.2. The van der Waals surface area contributed by atoms with Crippen LogP contribution in [-0.4, -0.2) is 162 Å². The maximum atomic E-state index is 17.5. The second-order valence-corrected chi connectivity index (χ2v) is 38.0. The number of fused-ring (bicyclic) bond motifs is 4. The highest BCUT2D eigenvalue weighted by Crippen LogP contribution is 2.58. The molecular weight excluding hydrogens is 1190 g/mol. The molecule has 2 bridgehead atoms. The molecule has 1 aromatic carbocycles. The van der Waals surface area contributed by atoms with Gasteiger partial charge in [-0.2, -0.15) is 5.26 Å². The number of phosphoric ester groups is 1. The summed E-state index contributed by atoms with van der Waals surface area (Å²) in [5, 5.41) is 14.6. The number of rotatable bonds is 18. The van der Waals surface area contributed by atoms with Crippen LogP contribution in [0.4, 0.5) is 15.0 Å². The molecule has 3 saturated heterocycles. The Morgan fingerprint density at radius 1 is 0.929 bits per heavy atom. The summed E-state index contributed by atoms with van der Waals surface area (Å²) >= 11 is 5.60. The van der Waals surface area contributed by atoms with Crippen molar-refractivity contribution in [2.45, 2.75) is 140 Å². The highest BCUT2D eigenvalue weighted by atomic mass is 32.5. The quantitative estimate of drug-likeness (QED) is 0.0371. The van der Waals surface area contributed by atoms with Gasteiger partial charge in [0.05, 0.1) is 63.8 Å². The molecule has 27 nitrogen and oxygen atoms in total. The molecule has 4 aliphatic heterocycles. The lowest BCUT2D eigenvalue weighted by molar-refractivity contribution is -0.121. The topological polar surface area (TPSA) is 315 Å². The number of amides is 3. The van der Waals surface area contributed by atoms with Crippen LogP contribution in [0.1, 0.15) is 62.0 Å². The molecule has 4 aromatic heterocycles. The summed E-state index contributed by atoms with van der Waals surface area (Å²) < 4.78 is 98.2. The van der Waals surface area contributed by atoms with Crippen molar-refractivity contribution < 1.29 is 74.2 Å². The fraction of sp³-hybridized carbons (Fsp3) is 0.588. The van der Waals surface area contributed by atoms with Crippen LogP contribution in [-0.2, 0) is 80.1 Å². The van der Waals surface area contributed by atoms with Gasteiger partial charge in [-0.3, -0.25) is 46.5 Å². The molecule has 3 amide bonds. The number of imidazole rings is 1. The summed E-state index contributed by atoms with van der Waals surface area (Å²) in [5.74, 6) is -0.479. The predicted octanol–water partition coefficient (Wildman–Crippen LogP) is 6.38. The first-order valence-corrected chi connectivity index (χ1v) is 38.0. The Kier molecular flexibility index (Phi) is 19.6. The van der Waals surface area contributed by atoms with Crippen molar-refractivity contribution in [1.29, 1.82) is 5.26 Å². The number of halogens is 1. The molecule has 3 N–H and O–H groups in total. The maximum Gasteiger partial charge on any atom is 0.475 e. The van der Waals surface area contributed by atoms with E-state index in [9.17, 15) is 29.3 Å². The predicted molar refractivity (Wildman–Crippen MR) is 309 cm³/mol. The Labute approximate surface area is 490 Å². The number of carbonyl (C=O) groups is 3. The van der Waals surface area contributed by atoms with Crippen molar-refractivity contribution >= 4 is 88.7 Å². The standard InChI is InChI=1S/C51H70FN11O16P2SSi2/c1-51(2,3)84(7,8)79-41-35-27-74-81(69,82)78-40-34(75-48(38(40)52)62-25-33-16-12-18-61(43-37(33)44(62)56-28-55-43)46(65)32-14-10-9-11-15-32)26-73-80(68,72-20-13-17-53)77-42(41)49(76-35)63-30-57-39-45(63)58-29-60(47(39)66)19-21-70-31-59-36(64)24-54-50(67)71-22-23-83(4,5)6/h9-11,14-15,25,28-30,34-35,38,40-42,48-49H,12-13,16,18-24,26-27,31H2,1-8H3,(H,54,67)(H,59,64)(H,69,82)/t34-,35-,38-,40-,41-,42-,48-,49-,80?,81?/m1/s1. The number of aryl methyl sites for hydroxylation is 1. The summed E-state index contributed by atoms with van der Waals surface area (Å²) in [5.41, 5.74) is 0.703. The summed E-state index contributed by atoms with van der Waals surface area (Å²) in [6.45, 7) is 10.1. The number of hydrogen-bond donors (Lipinski definition) is 3. The molecule has 0 saturated carbocycles. The number of nitrogens with zero attached hydrogens (tertiary/aromatic N) is 9. The zero-order chi connectivity index (χ0) is 60.4. The molecular formula is C51H70FN11O16P2SSi2. The SMILES string of the molecule is CC(C)(C)[Si](C)(C)O[C@H]1[C@H]2OP(=O)(OCCC#N)OC[C@H]3O[C@@H](n4cc5c6c(ncnc64)N(C(=O)c4ccccc4)CCC5)[C@H](F)[C@@H]3OP(O)(=S)OC[C@H]1O[C@H]2n1cnc2c(=O)n(CCOCNC(=O)CNC(=O)OCC[Si](C)(C)C)cnc21. The van der Waals surface area contributed by atoms with Gasteiger partial charge in [0.25, 0.3) is 11.5 Å². The van der Waals surface area contributed by atoms with E-state index in [2.05, 4.69) is 50.2 Å². The van der Waals surface area contributed by atoms with Crippen LogP contribution < -0.4 is 21.1 Å². The van der Waals surface area contributed by atoms with E-state index < -0.39 is 122 Å². The third kappa shape index (κ3) is 14.4. The molecule has 5 aromatic rings. The average molecular weight is 1260 g/mol. The van der Waals surface area contributed by atoms with Gasteiger partial charge in [-0.05, 0) is 66.5 Å². The molecule has 10 atom stereocenters. The molecule has 0 spiro atoms. The first kappa shape index (κ1) is 63.2. The van der Waals surface area contributed by atoms with Crippen molar-refractivity contribution in [1.82, 2.24) is 44.3 Å². The van der Waals surface area contributed by atoms with E-state index in [1.165, 1.54) is 32.7 Å². The Balaban J connectivity index is 0.971. The third-order valence-corrected chi connectivity index (χ3v) is 24.2. The van der Waals surface area contributed by atoms with Crippen LogP contribution in [0.2, 0.25) is 43.8 Å². The van der Waals surface area contributed by atoms with E-state index in [0.29, 0.717) is 41.7 Å². The molecule has 0 aliphatic carbocycles. The van der Waals surface area contributed by atoms with Crippen LogP contribution in [0.25, 0.3) is 22.2 Å². The second kappa shape index (κ2) is 26.0. The fourth-order valence-corrected chi connectivity index (χ4v) is 14.4. The minimum Gasteiger partial charge on any atom is -0.450 e. The molecule has 9 rings (SSSR count). The van der Waals surface area contributed by atoms with E-state index in [0.717, 1.165) is 6.04 Å². The molecule has 0 radical (unpaired) electrons. The van der Waals surface area contributed by atoms with Gasteiger partial charge in [0.1, 0.15) is 67.9 Å². The molecule has 2 unspecified atom stereocenters. The van der Waals surface area contributed by atoms with Gasteiger partial charge in [0.2, 0.25) is 5.91 Å². The lowest BCUT2D eigenvalue weighted by atomic mass is 10.1. The summed E-state index contributed by atoms with van der Waals surface area (Å²) in [6, 6.07) is 11.5. The van der Waals surface area contributed by atoms with Crippen LogP contribution in [0.5, 0.6) is 0 Å². The maximum absolute atomic E-state index is 17.5. The van der Waals surface area contributed by atoms with Gasteiger partial charge in [0, 0.05) is 26.4 Å². The lowest BCUT2D eigenvalue weighted by Crippen LogP contribution is -2.50. The lowest BCUT2D eigenvalue weighted by Gasteiger charge is -2.40. The highest BCUT2D eigenvalue weighted by molar-refractivity contribution is 8.07. The normalized spacial score (nSPS) is 26.8. The van der Waals surface area contributed by atoms with Crippen LogP contribution in [0, 0.1) is 11.3 Å². The summed E-state index contributed by atoms with van der Waals surface area (Å²) in [6.07, 6.45) is -6.68. The minimum atomic E-state index is -4.96. The minimum absolute atomic E-state index is 0.00172. The first-order chi connectivity index (χ1) is 39.8. The number of carbonyl (C=O) groups excluding carboxylic acids is 3. The number of alkyl halides is 1. The number of alkyl carbamates (subject to hydrolysis) is 1. The van der Waals surface area contributed by atoms with Gasteiger partial charge in [-0.25, -0.2) is 33.7 Å². The molecule has 4 aliphatic rings. The van der Waals surface area contributed by atoms with Gasteiger partial charge in [0.15, 0.2) is 38.1 Å². The summed E-state index contributed by atoms with van der Waals surface area (Å²) in [4.78, 5) is 83.7. The Morgan fingerprint density at radius 2 is 1.68 bits per heavy atom. The largest absolute Gasteiger partial charge is 0.475 e. The van der Waals surface area contributed by atoms with Crippen LogP contribution in [0.3, 0.4) is 0 Å². The average Bonchev–Trinajstić information content (AvgIpc) is 2.59. The number of phosphoric acid groups is 1. The van der Waals surface area contributed by atoms with E-state index >= 15 is 8.96 Å². The van der Waals surface area contributed by atoms with Crippen molar-refractivity contribution in [3.05, 3.63) is 77.0 Å². The van der Waals surface area contributed by atoms with E-state index in [-0.39, 0.29) is 62.2 Å². The smallest absolute Gasteiger partial charge is 0.450 e. The van der Waals surface area contributed by atoms with Gasteiger partial charge in [-0.15, -0.1) is 0 Å². The third-order valence-electron chi connectivity index (χ3n) is 15.0. The number of aromatic nitrogens is 7. The monoisotopic (exact) mass is 1260 g/mol. The Bertz CT molecular complexity index is 3420. The van der Waals surface area contributed by atoms with Crippen molar-refractivity contribution in [3.8, 4) is 6.07 Å². The molecule has 3 fully saturated rings. The molecule has 84 heavy (non-hydrogen) atoms. The number of ether oxygens (including phenoxy) is 4. The fourth-order valence-electron chi connectivity index (χ4n) is 9.56. The molecule has 8 heterocycles. The number of nitriles is 1. The summed E-state index contributed by atoms with van der Waals surface area (Å²) in [7, 11) is -9.25. The van der Waals surface area contributed by atoms with E-state index in [4.69, 9.17) is 57.8 Å². The number of anilines is 1. The Hall–Kier alpha value is -5.27. The van der Waals surface area contributed by atoms with E-state index in [1.54, 1.807) is 35.4 Å². The zero-order valence-corrected chi connectivity index (χ0v) is 52.4. The van der Waals surface area contributed by atoms with Crippen molar-refractivity contribution in [3.63, 3.8) is 0 Å². The number of nitrogens with one attached hydrogen (secondary N) is 2. The van der Waals surface area contributed by atoms with Gasteiger partial charge >= 0.3 is 20.6 Å². The first-order valence-electron chi connectivity index (χ1n) is 27.4. The van der Waals surface area contributed by atoms with Crippen LogP contribution >= 0.6 is 14.5 Å². The van der Waals surface area contributed by atoms with Crippen molar-refractivity contribution in [2.24, 2.45) is 0 Å².